The van der Waals surface area contributed by atoms with Crippen LogP contribution in [0.5, 0.6) is 0 Å². The van der Waals surface area contributed by atoms with Gasteiger partial charge in [-0.1, -0.05) is 0 Å². The predicted molar refractivity (Wildman–Crippen MR) is 46.2 cm³/mol. The molecule has 1 rings (SSSR count). The third kappa shape index (κ3) is 2.40. The molecule has 1 saturated heterocycles. The normalized spacial score (nSPS) is 34.1. The van der Waals surface area contributed by atoms with Gasteiger partial charge >= 0.3 is 12.1 Å². The lowest BCUT2D eigenvalue weighted by Gasteiger charge is -2.42. The summed E-state index contributed by atoms with van der Waals surface area (Å²) < 4.78 is 37.2. The van der Waals surface area contributed by atoms with E-state index >= 15 is 0 Å². The van der Waals surface area contributed by atoms with Crippen LogP contribution in [0.15, 0.2) is 0 Å². The number of hydrogen-bond acceptors (Lipinski definition) is 3. The maximum atomic E-state index is 12.4. The lowest BCUT2D eigenvalue weighted by atomic mass is 9.88. The van der Waals surface area contributed by atoms with Crippen LogP contribution in [-0.4, -0.2) is 48.5 Å². The van der Waals surface area contributed by atoms with Crippen molar-refractivity contribution in [1.29, 1.82) is 0 Å². The highest BCUT2D eigenvalue weighted by atomic mass is 19.4. The number of hydrogen-bond donors (Lipinski definition) is 2. The number of nitrogens with zero attached hydrogens (tertiary/aromatic N) is 1. The van der Waals surface area contributed by atoms with E-state index < -0.39 is 23.7 Å². The van der Waals surface area contributed by atoms with Crippen molar-refractivity contribution < 1.29 is 23.1 Å². The van der Waals surface area contributed by atoms with E-state index in [1.165, 1.54) is 14.0 Å². The van der Waals surface area contributed by atoms with Crippen LogP contribution in [0.3, 0.4) is 0 Å². The number of halogens is 3. The van der Waals surface area contributed by atoms with Crippen molar-refractivity contribution in [2.75, 3.05) is 20.1 Å². The van der Waals surface area contributed by atoms with Crippen molar-refractivity contribution in [1.82, 2.24) is 10.2 Å². The van der Waals surface area contributed by atoms with E-state index in [0.717, 1.165) is 4.90 Å². The van der Waals surface area contributed by atoms with Crippen LogP contribution in [-0.2, 0) is 4.79 Å². The molecule has 0 radical (unpaired) electrons. The summed E-state index contributed by atoms with van der Waals surface area (Å²) in [7, 11) is 1.26. The first-order valence-corrected chi connectivity index (χ1v) is 4.40. The molecular weight excluding hydrogens is 213 g/mol. The van der Waals surface area contributed by atoms with Crippen LogP contribution < -0.4 is 5.32 Å². The summed E-state index contributed by atoms with van der Waals surface area (Å²) >= 11 is 0. The van der Waals surface area contributed by atoms with Crippen molar-refractivity contribution in [2.45, 2.75) is 19.3 Å². The summed E-state index contributed by atoms with van der Waals surface area (Å²) in [6.07, 6.45) is -6.14. The molecule has 0 aromatic rings. The van der Waals surface area contributed by atoms with Crippen LogP contribution in [0.4, 0.5) is 13.2 Å². The van der Waals surface area contributed by atoms with Gasteiger partial charge in [-0.3, -0.25) is 15.0 Å². The number of carboxylic acid groups (broad SMARTS) is 1. The third-order valence-corrected chi connectivity index (χ3v) is 2.55. The highest BCUT2D eigenvalue weighted by Gasteiger charge is 2.49. The first kappa shape index (κ1) is 12.3. The number of aliphatic carboxylic acids is 1. The van der Waals surface area contributed by atoms with Gasteiger partial charge in [0.1, 0.15) is 0 Å². The van der Waals surface area contributed by atoms with Gasteiger partial charge in [0.15, 0.2) is 6.17 Å². The molecule has 0 aromatic heterocycles. The Morgan fingerprint density at radius 1 is 1.60 bits per heavy atom. The van der Waals surface area contributed by atoms with E-state index in [4.69, 9.17) is 5.11 Å². The molecule has 1 heterocycles. The van der Waals surface area contributed by atoms with Crippen LogP contribution >= 0.6 is 0 Å². The van der Waals surface area contributed by atoms with Crippen LogP contribution in [0.1, 0.15) is 6.92 Å². The van der Waals surface area contributed by atoms with E-state index in [9.17, 15) is 18.0 Å². The maximum Gasteiger partial charge on any atom is 0.417 e. The average molecular weight is 226 g/mol. The summed E-state index contributed by atoms with van der Waals surface area (Å²) in [5.41, 5.74) is -1.17. The number of rotatable bonds is 1. The third-order valence-electron chi connectivity index (χ3n) is 2.55. The van der Waals surface area contributed by atoms with Crippen molar-refractivity contribution >= 4 is 5.97 Å². The molecule has 1 fully saturated rings. The van der Waals surface area contributed by atoms with Gasteiger partial charge in [0.05, 0.1) is 5.41 Å². The summed E-state index contributed by atoms with van der Waals surface area (Å²) in [6, 6.07) is 0. The summed E-state index contributed by atoms with van der Waals surface area (Å²) in [5, 5.41) is 11.1. The monoisotopic (exact) mass is 226 g/mol. The molecule has 2 unspecified atom stereocenters. The highest BCUT2D eigenvalue weighted by molar-refractivity contribution is 5.75. The summed E-state index contributed by atoms with van der Waals surface area (Å²) in [6.45, 7) is 1.11. The largest absolute Gasteiger partial charge is 0.481 e. The second kappa shape index (κ2) is 3.64. The topological polar surface area (TPSA) is 52.6 Å². The first-order valence-electron chi connectivity index (χ1n) is 4.40. The van der Waals surface area contributed by atoms with Crippen molar-refractivity contribution in [2.24, 2.45) is 5.41 Å². The van der Waals surface area contributed by atoms with Gasteiger partial charge in [-0.2, -0.15) is 13.2 Å². The fraction of sp³-hybridized carbons (Fsp3) is 0.875. The molecular formula is C8H13F3N2O2. The minimum atomic E-state index is -4.38. The van der Waals surface area contributed by atoms with Gasteiger partial charge in [0, 0.05) is 13.1 Å². The van der Waals surface area contributed by atoms with Gasteiger partial charge in [-0.25, -0.2) is 0 Å². The molecule has 1 aliphatic heterocycles. The molecule has 0 aromatic carbocycles. The molecule has 88 valence electrons. The minimum Gasteiger partial charge on any atom is -0.481 e. The van der Waals surface area contributed by atoms with Gasteiger partial charge in [0.2, 0.25) is 0 Å². The standard InChI is InChI=1S/C8H13F3N2O2/c1-7(6(14)15)3-12-5(8(9,10)11)13(2)4-7/h5,12H,3-4H2,1-2H3,(H,14,15). The minimum absolute atomic E-state index is 0.125. The van der Waals surface area contributed by atoms with Gasteiger partial charge < -0.3 is 5.11 Å². The fourth-order valence-corrected chi connectivity index (χ4v) is 1.68. The van der Waals surface area contributed by atoms with E-state index in [-0.39, 0.29) is 13.1 Å². The smallest absolute Gasteiger partial charge is 0.417 e. The second-order valence-electron chi connectivity index (χ2n) is 4.11. The molecule has 1 aliphatic rings. The molecule has 0 amide bonds. The van der Waals surface area contributed by atoms with Crippen molar-refractivity contribution in [3.05, 3.63) is 0 Å². The Morgan fingerprint density at radius 2 is 2.13 bits per heavy atom. The summed E-state index contributed by atoms with van der Waals surface area (Å²) in [4.78, 5) is 11.8. The zero-order chi connectivity index (χ0) is 11.9. The Kier molecular flexibility index (Phi) is 2.97. The molecule has 2 N–H and O–H groups in total. The maximum absolute atomic E-state index is 12.4. The number of carboxylic acids is 1. The highest BCUT2D eigenvalue weighted by Crippen LogP contribution is 2.29. The Hall–Kier alpha value is -0.820. The molecule has 4 nitrogen and oxygen atoms in total. The van der Waals surface area contributed by atoms with Gasteiger partial charge in [0.25, 0.3) is 0 Å². The molecule has 0 spiro atoms. The molecule has 0 saturated carbocycles. The number of carbonyl (C=O) groups is 1. The lowest BCUT2D eigenvalue weighted by molar-refractivity contribution is -0.205. The zero-order valence-corrected chi connectivity index (χ0v) is 8.43. The molecule has 7 heteroatoms. The summed E-state index contributed by atoms with van der Waals surface area (Å²) in [5.74, 6) is -1.09. The van der Waals surface area contributed by atoms with Gasteiger partial charge in [-0.05, 0) is 14.0 Å². The Balaban J connectivity index is 2.75. The van der Waals surface area contributed by atoms with Crippen LogP contribution in [0, 0.1) is 5.41 Å². The Morgan fingerprint density at radius 3 is 2.47 bits per heavy atom. The van der Waals surface area contributed by atoms with Crippen LogP contribution in [0.2, 0.25) is 0 Å². The van der Waals surface area contributed by atoms with Gasteiger partial charge in [-0.15, -0.1) is 0 Å². The van der Waals surface area contributed by atoms with E-state index in [1.807, 2.05) is 0 Å². The second-order valence-corrected chi connectivity index (χ2v) is 4.11. The number of nitrogens with one attached hydrogen (secondary N) is 1. The zero-order valence-electron chi connectivity index (χ0n) is 8.43. The van der Waals surface area contributed by atoms with Crippen LogP contribution in [0.25, 0.3) is 0 Å². The molecule has 15 heavy (non-hydrogen) atoms. The molecule has 0 bridgehead atoms. The lowest BCUT2D eigenvalue weighted by Crippen LogP contribution is -2.64. The van der Waals surface area contributed by atoms with E-state index in [2.05, 4.69) is 5.32 Å². The molecule has 0 aliphatic carbocycles. The predicted octanol–water partition coefficient (Wildman–Crippen LogP) is 0.501. The Bertz CT molecular complexity index is 269. The fourth-order valence-electron chi connectivity index (χ4n) is 1.68. The van der Waals surface area contributed by atoms with Crippen molar-refractivity contribution in [3.63, 3.8) is 0 Å². The molecule has 2 atom stereocenters. The first-order chi connectivity index (χ1) is 6.67. The quantitative estimate of drug-likeness (QED) is 0.683. The number of alkyl halides is 3. The Labute approximate surface area is 85.1 Å². The van der Waals surface area contributed by atoms with E-state index in [1.54, 1.807) is 0 Å². The average Bonchev–Trinajstić information content (AvgIpc) is 2.00. The van der Waals surface area contributed by atoms with Crippen molar-refractivity contribution in [3.8, 4) is 0 Å². The van der Waals surface area contributed by atoms with E-state index in [0.29, 0.717) is 0 Å². The SMILES string of the molecule is CN1CC(C)(C(=O)O)CNC1C(F)(F)F.